The molecule has 0 aromatic carbocycles. The topological polar surface area (TPSA) is 32.7 Å². The van der Waals surface area contributed by atoms with Gasteiger partial charge in [0.1, 0.15) is 5.84 Å². The van der Waals surface area contributed by atoms with Crippen LogP contribution in [0.15, 0.2) is 27.8 Å². The zero-order valence-corrected chi connectivity index (χ0v) is 7.91. The van der Waals surface area contributed by atoms with Crippen molar-refractivity contribution in [1.82, 2.24) is 4.90 Å². The van der Waals surface area contributed by atoms with Crippen molar-refractivity contribution in [2.45, 2.75) is 6.42 Å². The van der Waals surface area contributed by atoms with Gasteiger partial charge in [0.25, 0.3) is 0 Å². The van der Waals surface area contributed by atoms with Crippen molar-refractivity contribution in [1.29, 1.82) is 0 Å². The second kappa shape index (κ2) is 2.86. The highest BCUT2D eigenvalue weighted by molar-refractivity contribution is 9.11. The molecule has 0 radical (unpaired) electrons. The van der Waals surface area contributed by atoms with Crippen LogP contribution in [0.3, 0.4) is 0 Å². The number of allylic oxidation sites excluding steroid dienone is 2. The van der Waals surface area contributed by atoms with E-state index in [0.29, 0.717) is 6.42 Å². The molecule has 0 unspecified atom stereocenters. The number of hydrogen-bond donors (Lipinski definition) is 0. The second-order valence-corrected chi connectivity index (χ2v) is 3.57. The van der Waals surface area contributed by atoms with Gasteiger partial charge in [-0.15, -0.1) is 0 Å². The fourth-order valence-electron chi connectivity index (χ4n) is 1.19. The van der Waals surface area contributed by atoms with Crippen LogP contribution in [0.2, 0.25) is 0 Å². The van der Waals surface area contributed by atoms with E-state index in [1.165, 1.54) is 0 Å². The minimum absolute atomic E-state index is 0.0303. The fourth-order valence-corrected chi connectivity index (χ4v) is 1.57. The van der Waals surface area contributed by atoms with Crippen LogP contribution in [0.5, 0.6) is 0 Å². The molecule has 12 heavy (non-hydrogen) atoms. The van der Waals surface area contributed by atoms with Gasteiger partial charge in [0.05, 0.1) is 0 Å². The Kier molecular flexibility index (Phi) is 1.84. The van der Waals surface area contributed by atoms with E-state index < -0.39 is 0 Å². The summed E-state index contributed by atoms with van der Waals surface area (Å²) in [5, 5.41) is 0. The van der Waals surface area contributed by atoms with E-state index >= 15 is 0 Å². The monoisotopic (exact) mass is 226 g/mol. The highest BCUT2D eigenvalue weighted by atomic mass is 79.9. The van der Waals surface area contributed by atoms with Gasteiger partial charge in [-0.2, -0.15) is 4.99 Å². The molecule has 0 atom stereocenters. The zero-order chi connectivity index (χ0) is 8.55. The summed E-state index contributed by atoms with van der Waals surface area (Å²) in [6.45, 7) is 0.733. The van der Waals surface area contributed by atoms with Crippen LogP contribution < -0.4 is 0 Å². The highest BCUT2D eigenvalue weighted by Crippen LogP contribution is 2.17. The van der Waals surface area contributed by atoms with E-state index in [1.807, 2.05) is 23.3 Å². The molecule has 0 aliphatic carbocycles. The number of amides is 1. The molecule has 0 aromatic rings. The van der Waals surface area contributed by atoms with Crippen LogP contribution in [-0.4, -0.2) is 23.2 Å². The maximum atomic E-state index is 10.9. The lowest BCUT2D eigenvalue weighted by molar-refractivity contribution is -0.118. The molecule has 0 fully saturated rings. The first kappa shape index (κ1) is 7.73. The van der Waals surface area contributed by atoms with Crippen molar-refractivity contribution in [3.05, 3.63) is 22.8 Å². The lowest BCUT2D eigenvalue weighted by Crippen LogP contribution is -2.33. The number of fused-ring (bicyclic) bond motifs is 1. The van der Waals surface area contributed by atoms with Crippen molar-refractivity contribution in [2.75, 3.05) is 6.54 Å². The summed E-state index contributed by atoms with van der Waals surface area (Å²) in [6.07, 6.45) is 6.16. The van der Waals surface area contributed by atoms with Crippen molar-refractivity contribution in [3.63, 3.8) is 0 Å². The summed E-state index contributed by atoms with van der Waals surface area (Å²) in [7, 11) is 0. The number of halogens is 1. The van der Waals surface area contributed by atoms with Crippen molar-refractivity contribution in [2.24, 2.45) is 4.99 Å². The van der Waals surface area contributed by atoms with Gasteiger partial charge in [0.15, 0.2) is 0 Å². The zero-order valence-electron chi connectivity index (χ0n) is 6.33. The molecule has 4 heteroatoms. The number of nitrogens with zero attached hydrogens (tertiary/aromatic N) is 2. The SMILES string of the molecule is O=C1CCN2C=C(Br)C=CC2=N1. The van der Waals surface area contributed by atoms with Gasteiger partial charge in [0.2, 0.25) is 5.91 Å². The summed E-state index contributed by atoms with van der Waals surface area (Å²) >= 11 is 3.36. The molecule has 0 N–H and O–H groups in total. The third-order valence-corrected chi connectivity index (χ3v) is 2.24. The van der Waals surface area contributed by atoms with Gasteiger partial charge in [-0.1, -0.05) is 0 Å². The maximum Gasteiger partial charge on any atom is 0.249 e. The van der Waals surface area contributed by atoms with Crippen LogP contribution in [0.4, 0.5) is 0 Å². The molecule has 3 nitrogen and oxygen atoms in total. The van der Waals surface area contributed by atoms with Crippen molar-refractivity contribution in [3.8, 4) is 0 Å². The van der Waals surface area contributed by atoms with Gasteiger partial charge in [0, 0.05) is 23.6 Å². The molecule has 0 saturated heterocycles. The van der Waals surface area contributed by atoms with E-state index in [1.54, 1.807) is 0 Å². The Morgan fingerprint density at radius 3 is 3.17 bits per heavy atom. The van der Waals surface area contributed by atoms with E-state index in [0.717, 1.165) is 16.9 Å². The Morgan fingerprint density at radius 1 is 1.50 bits per heavy atom. The Bertz CT molecular complexity index is 317. The average Bonchev–Trinajstić information content (AvgIpc) is 2.05. The molecular formula is C8H7BrN2O. The van der Waals surface area contributed by atoms with E-state index in [2.05, 4.69) is 20.9 Å². The smallest absolute Gasteiger partial charge is 0.249 e. The Balaban J connectivity index is 2.33. The number of aliphatic imine (C=N–C) groups is 1. The molecule has 2 heterocycles. The molecule has 62 valence electrons. The number of carbonyl (C=O) groups excluding carboxylic acids is 1. The summed E-state index contributed by atoms with van der Waals surface area (Å²) < 4.78 is 1.01. The van der Waals surface area contributed by atoms with Gasteiger partial charge in [-0.3, -0.25) is 4.79 Å². The molecule has 2 aliphatic heterocycles. The summed E-state index contributed by atoms with van der Waals surface area (Å²) in [6, 6.07) is 0. The van der Waals surface area contributed by atoms with E-state index in [9.17, 15) is 4.79 Å². The second-order valence-electron chi connectivity index (χ2n) is 2.65. The van der Waals surface area contributed by atoms with Gasteiger partial charge in [-0.25, -0.2) is 0 Å². The predicted octanol–water partition coefficient (Wildman–Crippen LogP) is 1.42. The first-order valence-electron chi connectivity index (χ1n) is 3.69. The molecular weight excluding hydrogens is 220 g/mol. The number of hydrogen-bond acceptors (Lipinski definition) is 2. The van der Waals surface area contributed by atoms with Crippen LogP contribution in [0.1, 0.15) is 6.42 Å². The summed E-state index contributed by atoms with van der Waals surface area (Å²) in [4.78, 5) is 16.8. The van der Waals surface area contributed by atoms with E-state index in [4.69, 9.17) is 0 Å². The standard InChI is InChI=1S/C8H7BrN2O/c9-6-1-2-7-10-8(12)3-4-11(7)5-6/h1-2,5H,3-4H2. The Morgan fingerprint density at radius 2 is 2.33 bits per heavy atom. The third-order valence-electron chi connectivity index (χ3n) is 1.77. The predicted molar refractivity (Wildman–Crippen MR) is 49.9 cm³/mol. The van der Waals surface area contributed by atoms with Crippen LogP contribution >= 0.6 is 15.9 Å². The van der Waals surface area contributed by atoms with Crippen LogP contribution in [0, 0.1) is 0 Å². The van der Waals surface area contributed by atoms with Crippen molar-refractivity contribution < 1.29 is 4.79 Å². The number of amidine groups is 1. The number of rotatable bonds is 0. The molecule has 2 rings (SSSR count). The Hall–Kier alpha value is -0.900. The third kappa shape index (κ3) is 1.34. The lowest BCUT2D eigenvalue weighted by Gasteiger charge is -2.25. The largest absolute Gasteiger partial charge is 0.331 e. The van der Waals surface area contributed by atoms with Gasteiger partial charge < -0.3 is 4.90 Å². The molecule has 0 bridgehead atoms. The number of carbonyl (C=O) groups is 1. The summed E-state index contributed by atoms with van der Waals surface area (Å²) in [5.74, 6) is 0.715. The van der Waals surface area contributed by atoms with Crippen LogP contribution in [-0.2, 0) is 4.79 Å². The highest BCUT2D eigenvalue weighted by Gasteiger charge is 2.18. The van der Waals surface area contributed by atoms with Gasteiger partial charge in [-0.05, 0) is 28.1 Å². The average molecular weight is 227 g/mol. The van der Waals surface area contributed by atoms with Gasteiger partial charge >= 0.3 is 0 Å². The minimum Gasteiger partial charge on any atom is -0.331 e. The quantitative estimate of drug-likeness (QED) is 0.626. The Labute approximate surface area is 78.6 Å². The molecule has 0 saturated carbocycles. The molecule has 2 aliphatic rings. The minimum atomic E-state index is -0.0303. The first-order chi connectivity index (χ1) is 5.75. The lowest BCUT2D eigenvalue weighted by atomic mass is 10.2. The first-order valence-corrected chi connectivity index (χ1v) is 4.48. The fraction of sp³-hybridized carbons (Fsp3) is 0.250. The van der Waals surface area contributed by atoms with Crippen molar-refractivity contribution >= 4 is 27.7 Å². The normalized spacial score (nSPS) is 21.8. The maximum absolute atomic E-state index is 10.9. The van der Waals surface area contributed by atoms with Crippen LogP contribution in [0.25, 0.3) is 0 Å². The molecule has 0 spiro atoms. The molecule has 0 aromatic heterocycles. The molecule has 1 amide bonds. The van der Waals surface area contributed by atoms with E-state index in [-0.39, 0.29) is 5.91 Å². The summed E-state index contributed by atoms with van der Waals surface area (Å²) in [5.41, 5.74) is 0.